The third-order valence-corrected chi connectivity index (χ3v) is 5.02. The van der Waals surface area contributed by atoms with E-state index in [2.05, 4.69) is 33.1 Å². The molecule has 146 valence electrons. The first-order chi connectivity index (χ1) is 13.6. The van der Waals surface area contributed by atoms with E-state index in [1.165, 1.54) is 5.56 Å². The number of pyridine rings is 1. The highest BCUT2D eigenvalue weighted by atomic mass is 16.2. The van der Waals surface area contributed by atoms with Crippen LogP contribution in [0.5, 0.6) is 0 Å². The van der Waals surface area contributed by atoms with Crippen LogP contribution in [-0.4, -0.2) is 38.3 Å². The molecule has 1 atom stereocenters. The molecule has 0 aliphatic carbocycles. The topological polar surface area (TPSA) is 74.6 Å². The lowest BCUT2D eigenvalue weighted by Gasteiger charge is -2.24. The molecule has 1 aliphatic rings. The van der Waals surface area contributed by atoms with Crippen molar-refractivity contribution in [3.05, 3.63) is 59.9 Å². The summed E-state index contributed by atoms with van der Waals surface area (Å²) in [4.78, 5) is 14.4. The summed E-state index contributed by atoms with van der Waals surface area (Å²) in [6.45, 7) is 5.44. The number of aromatic nitrogens is 3. The molecule has 2 N–H and O–H groups in total. The largest absolute Gasteiger partial charge is 0.380 e. The first-order valence-electron chi connectivity index (χ1n) is 9.82. The van der Waals surface area contributed by atoms with Crippen molar-refractivity contribution in [1.29, 1.82) is 0 Å². The van der Waals surface area contributed by atoms with E-state index in [4.69, 9.17) is 0 Å². The average molecular weight is 378 g/mol. The van der Waals surface area contributed by atoms with Gasteiger partial charge in [0.15, 0.2) is 0 Å². The molecule has 28 heavy (non-hydrogen) atoms. The summed E-state index contributed by atoms with van der Waals surface area (Å²) in [6, 6.07) is 14.4. The summed E-state index contributed by atoms with van der Waals surface area (Å²) in [5.74, 6) is 0. The van der Waals surface area contributed by atoms with Crippen LogP contribution >= 0.6 is 0 Å². The van der Waals surface area contributed by atoms with Gasteiger partial charge in [0.1, 0.15) is 5.69 Å². The Morgan fingerprint density at radius 3 is 2.82 bits per heavy atom. The third kappa shape index (κ3) is 3.78. The summed E-state index contributed by atoms with van der Waals surface area (Å²) < 4.78 is 1.79. The Morgan fingerprint density at radius 1 is 1.21 bits per heavy atom. The summed E-state index contributed by atoms with van der Waals surface area (Å²) in [5.41, 5.74) is 4.01. The number of anilines is 1. The molecule has 1 fully saturated rings. The maximum Gasteiger partial charge on any atom is 0.318 e. The first kappa shape index (κ1) is 18.3. The number of fused-ring (bicyclic) bond motifs is 1. The number of hydrogen-bond acceptors (Lipinski definition) is 4. The van der Waals surface area contributed by atoms with E-state index in [1.807, 2.05) is 55.3 Å². The molecule has 7 heteroatoms. The lowest BCUT2D eigenvalue weighted by atomic mass is 10.1. The molecule has 2 amide bonds. The number of nitrogens with zero attached hydrogens (tertiary/aromatic N) is 4. The molecule has 4 rings (SSSR count). The van der Waals surface area contributed by atoms with E-state index in [0.29, 0.717) is 0 Å². The lowest BCUT2D eigenvalue weighted by molar-refractivity contribution is 0.190. The molecule has 1 saturated heterocycles. The van der Waals surface area contributed by atoms with Crippen molar-refractivity contribution >= 4 is 17.2 Å². The van der Waals surface area contributed by atoms with Gasteiger partial charge in [-0.1, -0.05) is 35.5 Å². The Balaban J connectivity index is 1.52. The highest BCUT2D eigenvalue weighted by Crippen LogP contribution is 2.33. The molecule has 3 heterocycles. The fourth-order valence-electron chi connectivity index (χ4n) is 3.68. The van der Waals surface area contributed by atoms with Gasteiger partial charge >= 0.3 is 6.03 Å². The van der Waals surface area contributed by atoms with Crippen LogP contribution in [0.3, 0.4) is 0 Å². The quantitative estimate of drug-likeness (QED) is 0.711. The number of nitrogens with one attached hydrogen (secondary N) is 2. The number of likely N-dealkylation sites (tertiary alicyclic amines) is 1. The number of carbonyl (C=O) groups is 1. The van der Waals surface area contributed by atoms with Gasteiger partial charge < -0.3 is 15.5 Å². The zero-order valence-corrected chi connectivity index (χ0v) is 16.3. The monoisotopic (exact) mass is 378 g/mol. The molecule has 2 aromatic heterocycles. The van der Waals surface area contributed by atoms with Gasteiger partial charge in [-0.3, -0.25) is 0 Å². The normalized spacial score (nSPS) is 16.7. The van der Waals surface area contributed by atoms with Crippen LogP contribution in [0.4, 0.5) is 10.5 Å². The SMILES string of the molecule is CC(C)NC(=O)N1CCCC1c1nnn2cc(NCc3ccccc3)ccc12. The van der Waals surface area contributed by atoms with E-state index >= 15 is 0 Å². The van der Waals surface area contributed by atoms with Gasteiger partial charge in [-0.05, 0) is 44.4 Å². The van der Waals surface area contributed by atoms with E-state index < -0.39 is 0 Å². The van der Waals surface area contributed by atoms with E-state index in [-0.39, 0.29) is 18.1 Å². The number of amides is 2. The zero-order valence-electron chi connectivity index (χ0n) is 16.3. The second-order valence-corrected chi connectivity index (χ2v) is 7.52. The first-order valence-corrected chi connectivity index (χ1v) is 9.82. The number of benzene rings is 1. The van der Waals surface area contributed by atoms with Crippen LogP contribution in [-0.2, 0) is 6.54 Å². The minimum atomic E-state index is -0.0284. The van der Waals surface area contributed by atoms with Crippen molar-refractivity contribution in [2.24, 2.45) is 0 Å². The lowest BCUT2D eigenvalue weighted by Crippen LogP contribution is -2.42. The van der Waals surface area contributed by atoms with Crippen molar-refractivity contribution in [1.82, 2.24) is 25.0 Å². The van der Waals surface area contributed by atoms with Crippen molar-refractivity contribution in [2.45, 2.75) is 45.3 Å². The zero-order chi connectivity index (χ0) is 19.5. The van der Waals surface area contributed by atoms with Gasteiger partial charge in [-0.25, -0.2) is 9.31 Å². The minimum Gasteiger partial charge on any atom is -0.380 e. The second kappa shape index (κ2) is 7.88. The maximum atomic E-state index is 12.5. The molecule has 0 spiro atoms. The highest BCUT2D eigenvalue weighted by molar-refractivity contribution is 5.76. The predicted molar refractivity (Wildman–Crippen MR) is 109 cm³/mol. The van der Waals surface area contributed by atoms with Crippen LogP contribution < -0.4 is 10.6 Å². The maximum absolute atomic E-state index is 12.5. The molecular formula is C21H26N6O. The van der Waals surface area contributed by atoms with Crippen molar-refractivity contribution < 1.29 is 4.79 Å². The smallest absolute Gasteiger partial charge is 0.318 e. The van der Waals surface area contributed by atoms with E-state index in [9.17, 15) is 4.79 Å². The number of rotatable bonds is 5. The second-order valence-electron chi connectivity index (χ2n) is 7.52. The van der Waals surface area contributed by atoms with Gasteiger partial charge in [-0.2, -0.15) is 0 Å². The molecular weight excluding hydrogens is 352 g/mol. The van der Waals surface area contributed by atoms with Gasteiger partial charge in [0.25, 0.3) is 0 Å². The molecule has 0 saturated carbocycles. The number of carbonyl (C=O) groups excluding carboxylic acids is 1. The Hall–Kier alpha value is -3.09. The Bertz CT molecular complexity index is 952. The van der Waals surface area contributed by atoms with Gasteiger partial charge in [0, 0.05) is 19.1 Å². The van der Waals surface area contributed by atoms with Gasteiger partial charge in [-0.15, -0.1) is 5.10 Å². The molecule has 0 radical (unpaired) electrons. The van der Waals surface area contributed by atoms with E-state index in [1.54, 1.807) is 4.52 Å². The van der Waals surface area contributed by atoms with Crippen LogP contribution in [0.15, 0.2) is 48.7 Å². The van der Waals surface area contributed by atoms with Crippen molar-refractivity contribution in [2.75, 3.05) is 11.9 Å². The summed E-state index contributed by atoms with van der Waals surface area (Å²) in [6.07, 6.45) is 3.84. The number of urea groups is 1. The summed E-state index contributed by atoms with van der Waals surface area (Å²) in [5, 5.41) is 15.1. The van der Waals surface area contributed by atoms with Crippen molar-refractivity contribution in [3.63, 3.8) is 0 Å². The molecule has 1 aromatic carbocycles. The Kier molecular flexibility index (Phi) is 5.14. The minimum absolute atomic E-state index is 0.0280. The molecule has 1 unspecified atom stereocenters. The van der Waals surface area contributed by atoms with Crippen LogP contribution in [0.25, 0.3) is 5.52 Å². The molecule has 7 nitrogen and oxygen atoms in total. The molecule has 3 aromatic rings. The van der Waals surface area contributed by atoms with Crippen LogP contribution in [0.2, 0.25) is 0 Å². The Labute approximate surface area is 164 Å². The van der Waals surface area contributed by atoms with Gasteiger partial charge in [0.05, 0.1) is 23.4 Å². The fraction of sp³-hybridized carbons (Fsp3) is 0.381. The van der Waals surface area contributed by atoms with Crippen LogP contribution in [0.1, 0.15) is 44.0 Å². The average Bonchev–Trinajstić information content (AvgIpc) is 3.33. The third-order valence-electron chi connectivity index (χ3n) is 5.02. The fourth-order valence-corrected chi connectivity index (χ4v) is 3.68. The van der Waals surface area contributed by atoms with Crippen LogP contribution in [0, 0.1) is 0 Å². The molecule has 0 bridgehead atoms. The summed E-state index contributed by atoms with van der Waals surface area (Å²) >= 11 is 0. The standard InChI is InChI=1S/C21H26N6O/c1-15(2)23-21(28)26-12-6-9-18(26)20-19-11-10-17(14-27(19)25-24-20)22-13-16-7-4-3-5-8-16/h3-5,7-8,10-11,14-15,18,22H,6,9,12-13H2,1-2H3,(H,23,28). The Morgan fingerprint density at radius 2 is 2.04 bits per heavy atom. The molecule has 1 aliphatic heterocycles. The predicted octanol–water partition coefficient (Wildman–Crippen LogP) is 3.60. The van der Waals surface area contributed by atoms with E-state index in [0.717, 1.165) is 42.8 Å². The van der Waals surface area contributed by atoms with Crippen molar-refractivity contribution in [3.8, 4) is 0 Å². The highest BCUT2D eigenvalue weighted by Gasteiger charge is 2.33. The summed E-state index contributed by atoms with van der Waals surface area (Å²) in [7, 11) is 0. The number of hydrogen-bond donors (Lipinski definition) is 2. The van der Waals surface area contributed by atoms with Gasteiger partial charge in [0.2, 0.25) is 0 Å².